The molecule has 7 nitrogen and oxygen atoms in total. The quantitative estimate of drug-likeness (QED) is 0.869. The SMILES string of the molecule is Cc1nc2cc(C(=O)NCCC3CC(=O)N(C)C3)ccc2c(=O)[nH]1. The molecule has 1 atom stereocenters. The van der Waals surface area contributed by atoms with E-state index in [0.717, 1.165) is 13.0 Å². The second-order valence-electron chi connectivity index (χ2n) is 6.27. The third kappa shape index (κ3) is 3.29. The molecule has 24 heavy (non-hydrogen) atoms. The van der Waals surface area contributed by atoms with E-state index in [1.807, 2.05) is 0 Å². The van der Waals surface area contributed by atoms with Gasteiger partial charge in [-0.2, -0.15) is 0 Å². The Balaban J connectivity index is 1.64. The van der Waals surface area contributed by atoms with Gasteiger partial charge >= 0.3 is 0 Å². The van der Waals surface area contributed by atoms with Crippen molar-refractivity contribution in [3.05, 3.63) is 39.9 Å². The summed E-state index contributed by atoms with van der Waals surface area (Å²) in [7, 11) is 1.80. The highest BCUT2D eigenvalue weighted by Crippen LogP contribution is 2.18. The second-order valence-corrected chi connectivity index (χ2v) is 6.27. The Bertz CT molecular complexity index is 859. The van der Waals surface area contributed by atoms with Crippen LogP contribution in [0.15, 0.2) is 23.0 Å². The fraction of sp³-hybridized carbons (Fsp3) is 0.412. The number of amides is 2. The number of hydrogen-bond acceptors (Lipinski definition) is 4. The van der Waals surface area contributed by atoms with Crippen molar-refractivity contribution in [2.45, 2.75) is 19.8 Å². The van der Waals surface area contributed by atoms with Crippen molar-refractivity contribution < 1.29 is 9.59 Å². The van der Waals surface area contributed by atoms with E-state index in [9.17, 15) is 14.4 Å². The van der Waals surface area contributed by atoms with Crippen molar-refractivity contribution in [1.29, 1.82) is 0 Å². The predicted molar refractivity (Wildman–Crippen MR) is 89.8 cm³/mol. The molecule has 1 unspecified atom stereocenters. The normalized spacial score (nSPS) is 17.5. The van der Waals surface area contributed by atoms with Crippen molar-refractivity contribution in [3.8, 4) is 0 Å². The van der Waals surface area contributed by atoms with Crippen LogP contribution in [0, 0.1) is 12.8 Å². The number of fused-ring (bicyclic) bond motifs is 1. The zero-order valence-corrected chi connectivity index (χ0v) is 13.8. The van der Waals surface area contributed by atoms with Crippen LogP contribution < -0.4 is 10.9 Å². The van der Waals surface area contributed by atoms with Gasteiger partial charge in [0.1, 0.15) is 5.82 Å². The van der Waals surface area contributed by atoms with Crippen molar-refractivity contribution in [3.63, 3.8) is 0 Å². The van der Waals surface area contributed by atoms with Crippen molar-refractivity contribution in [1.82, 2.24) is 20.2 Å². The minimum absolute atomic E-state index is 0.160. The minimum atomic E-state index is -0.209. The fourth-order valence-corrected chi connectivity index (χ4v) is 3.04. The van der Waals surface area contributed by atoms with Gasteiger partial charge in [0.05, 0.1) is 10.9 Å². The molecule has 1 fully saturated rings. The van der Waals surface area contributed by atoms with E-state index in [0.29, 0.717) is 41.2 Å². The van der Waals surface area contributed by atoms with Crippen LogP contribution in [0.4, 0.5) is 0 Å². The van der Waals surface area contributed by atoms with Crippen molar-refractivity contribution in [2.75, 3.05) is 20.1 Å². The first kappa shape index (κ1) is 16.2. The monoisotopic (exact) mass is 328 g/mol. The lowest BCUT2D eigenvalue weighted by Crippen LogP contribution is -2.26. The van der Waals surface area contributed by atoms with E-state index >= 15 is 0 Å². The van der Waals surface area contributed by atoms with Gasteiger partial charge in [-0.15, -0.1) is 0 Å². The van der Waals surface area contributed by atoms with E-state index in [1.54, 1.807) is 37.1 Å². The molecule has 2 aromatic rings. The number of aryl methyl sites for hydroxylation is 1. The number of aromatic amines is 1. The van der Waals surface area contributed by atoms with Gasteiger partial charge in [0.2, 0.25) is 5.91 Å². The van der Waals surface area contributed by atoms with Crippen molar-refractivity contribution in [2.24, 2.45) is 5.92 Å². The molecular weight excluding hydrogens is 308 g/mol. The number of carbonyl (C=O) groups is 2. The number of rotatable bonds is 4. The highest BCUT2D eigenvalue weighted by atomic mass is 16.2. The molecule has 126 valence electrons. The van der Waals surface area contributed by atoms with Gasteiger partial charge in [0.15, 0.2) is 0 Å². The van der Waals surface area contributed by atoms with Gasteiger partial charge in [-0.05, 0) is 37.5 Å². The summed E-state index contributed by atoms with van der Waals surface area (Å²) in [5.41, 5.74) is 0.769. The van der Waals surface area contributed by atoms with E-state index in [2.05, 4.69) is 15.3 Å². The third-order valence-corrected chi connectivity index (χ3v) is 4.35. The van der Waals surface area contributed by atoms with E-state index in [-0.39, 0.29) is 17.4 Å². The molecule has 0 saturated carbocycles. The Morgan fingerprint density at radius 2 is 2.21 bits per heavy atom. The number of likely N-dealkylation sites (tertiary alicyclic amines) is 1. The maximum Gasteiger partial charge on any atom is 0.258 e. The highest BCUT2D eigenvalue weighted by molar-refractivity contribution is 5.97. The van der Waals surface area contributed by atoms with Gasteiger partial charge in [0.25, 0.3) is 11.5 Å². The number of benzene rings is 1. The lowest BCUT2D eigenvalue weighted by atomic mass is 10.0. The minimum Gasteiger partial charge on any atom is -0.352 e. The summed E-state index contributed by atoms with van der Waals surface area (Å²) >= 11 is 0. The molecule has 1 saturated heterocycles. The molecule has 1 aromatic carbocycles. The van der Waals surface area contributed by atoms with E-state index in [1.165, 1.54) is 0 Å². The zero-order valence-electron chi connectivity index (χ0n) is 13.8. The topological polar surface area (TPSA) is 95.2 Å². The van der Waals surface area contributed by atoms with Crippen LogP contribution in [-0.4, -0.2) is 46.8 Å². The van der Waals surface area contributed by atoms with Crippen LogP contribution in [0.25, 0.3) is 10.9 Å². The summed E-state index contributed by atoms with van der Waals surface area (Å²) in [6, 6.07) is 4.86. The Morgan fingerprint density at radius 3 is 2.92 bits per heavy atom. The molecule has 1 aromatic heterocycles. The van der Waals surface area contributed by atoms with Crippen molar-refractivity contribution >= 4 is 22.7 Å². The molecule has 2 amide bonds. The summed E-state index contributed by atoms with van der Waals surface area (Å²) < 4.78 is 0. The smallest absolute Gasteiger partial charge is 0.258 e. The van der Waals surface area contributed by atoms with Crippen LogP contribution in [-0.2, 0) is 4.79 Å². The van der Waals surface area contributed by atoms with Crippen LogP contribution in [0.1, 0.15) is 29.0 Å². The Hall–Kier alpha value is -2.70. The molecular formula is C17H20N4O3. The molecule has 1 aliphatic rings. The number of carbonyl (C=O) groups excluding carboxylic acids is 2. The molecule has 7 heteroatoms. The van der Waals surface area contributed by atoms with Crippen LogP contribution in [0.3, 0.4) is 0 Å². The molecule has 0 radical (unpaired) electrons. The standard InChI is InChI=1S/C17H20N4O3/c1-10-19-14-8-12(3-4-13(14)17(24)20-10)16(23)18-6-5-11-7-15(22)21(2)9-11/h3-4,8,11H,5-7,9H2,1-2H3,(H,18,23)(H,19,20,24). The van der Waals surface area contributed by atoms with Crippen LogP contribution >= 0.6 is 0 Å². The number of nitrogens with one attached hydrogen (secondary N) is 2. The summed E-state index contributed by atoms with van der Waals surface area (Å²) in [4.78, 5) is 44.2. The number of nitrogens with zero attached hydrogens (tertiary/aromatic N) is 2. The summed E-state index contributed by atoms with van der Waals surface area (Å²) in [5, 5.41) is 3.33. The van der Waals surface area contributed by atoms with Gasteiger partial charge in [0, 0.05) is 32.1 Å². The lowest BCUT2D eigenvalue weighted by Gasteiger charge is -2.11. The van der Waals surface area contributed by atoms with E-state index < -0.39 is 0 Å². The lowest BCUT2D eigenvalue weighted by molar-refractivity contribution is -0.126. The van der Waals surface area contributed by atoms with Crippen LogP contribution in [0.5, 0.6) is 0 Å². The highest BCUT2D eigenvalue weighted by Gasteiger charge is 2.26. The Kier molecular flexibility index (Phi) is 4.33. The van der Waals surface area contributed by atoms with Gasteiger partial charge in [-0.3, -0.25) is 14.4 Å². The molecule has 0 bridgehead atoms. The third-order valence-electron chi connectivity index (χ3n) is 4.35. The second kappa shape index (κ2) is 6.43. The maximum atomic E-state index is 12.3. The number of aromatic nitrogens is 2. The largest absolute Gasteiger partial charge is 0.352 e. The zero-order chi connectivity index (χ0) is 17.3. The van der Waals surface area contributed by atoms with E-state index in [4.69, 9.17) is 0 Å². The Labute approximate surface area is 139 Å². The average molecular weight is 328 g/mol. The first-order chi connectivity index (χ1) is 11.4. The van der Waals surface area contributed by atoms with Crippen LogP contribution in [0.2, 0.25) is 0 Å². The maximum absolute atomic E-state index is 12.3. The molecule has 0 aliphatic carbocycles. The predicted octanol–water partition coefficient (Wildman–Crippen LogP) is 0.830. The van der Waals surface area contributed by atoms with Gasteiger partial charge < -0.3 is 15.2 Å². The molecule has 1 aliphatic heterocycles. The fourth-order valence-electron chi connectivity index (χ4n) is 3.04. The number of hydrogen-bond donors (Lipinski definition) is 2. The molecule has 2 heterocycles. The number of H-pyrrole nitrogens is 1. The van der Waals surface area contributed by atoms with Gasteiger partial charge in [-0.25, -0.2) is 4.98 Å². The van der Waals surface area contributed by atoms with Gasteiger partial charge in [-0.1, -0.05) is 0 Å². The first-order valence-electron chi connectivity index (χ1n) is 7.97. The summed E-state index contributed by atoms with van der Waals surface area (Å²) in [6.45, 7) is 2.97. The molecule has 3 rings (SSSR count). The molecule has 2 N–H and O–H groups in total. The Morgan fingerprint density at radius 1 is 1.42 bits per heavy atom. The summed E-state index contributed by atoms with van der Waals surface area (Å²) in [6.07, 6.45) is 1.32. The summed E-state index contributed by atoms with van der Waals surface area (Å²) in [5.74, 6) is 0.768. The molecule has 0 spiro atoms. The average Bonchev–Trinajstić information content (AvgIpc) is 2.84. The first-order valence-corrected chi connectivity index (χ1v) is 7.97.